The minimum absolute atomic E-state index is 0.238. The molecule has 1 heterocycles. The largest absolute Gasteiger partial charge is 0.468 e. The predicted molar refractivity (Wildman–Crippen MR) is 88.1 cm³/mol. The first-order valence-electron chi connectivity index (χ1n) is 8.52. The van der Waals surface area contributed by atoms with Crippen LogP contribution in [0.2, 0.25) is 0 Å². The number of ether oxygens (including phenoxy) is 2. The number of carbonyl (C=O) groups excluding carboxylic acids is 2. The number of methoxy groups -OCH3 is 1. The van der Waals surface area contributed by atoms with E-state index in [-0.39, 0.29) is 18.5 Å². The third-order valence-corrected chi connectivity index (χ3v) is 7.54. The van der Waals surface area contributed by atoms with Crippen molar-refractivity contribution >= 4 is 11.9 Å². The third kappa shape index (κ3) is 0.847. The SMILES string of the molecule is COC(=O)[C@@]12[C@@]3(C)c4ccccc4[C@]14COC(=O)[C@]42c1ccccc13. The number of hydrogen-bond acceptors (Lipinski definition) is 4. The molecular weight excluding hydrogens is 316 g/mol. The van der Waals surface area contributed by atoms with Crippen molar-refractivity contribution in [3.8, 4) is 0 Å². The van der Waals surface area contributed by atoms with Crippen LogP contribution in [0.1, 0.15) is 29.2 Å². The van der Waals surface area contributed by atoms with Gasteiger partial charge in [-0.15, -0.1) is 0 Å². The van der Waals surface area contributed by atoms with Crippen molar-refractivity contribution in [2.75, 3.05) is 13.7 Å². The van der Waals surface area contributed by atoms with E-state index in [1.165, 1.54) is 7.11 Å². The van der Waals surface area contributed by atoms with Crippen molar-refractivity contribution in [2.45, 2.75) is 23.2 Å². The van der Waals surface area contributed by atoms with Gasteiger partial charge in [0, 0.05) is 5.41 Å². The first-order chi connectivity index (χ1) is 12.1. The number of fused-ring (bicyclic) bond motifs is 4. The maximum Gasteiger partial charge on any atom is 0.318 e. The molecule has 4 atom stereocenters. The number of carbonyl (C=O) groups is 2. The van der Waals surface area contributed by atoms with Crippen molar-refractivity contribution in [1.29, 1.82) is 0 Å². The van der Waals surface area contributed by atoms with E-state index in [4.69, 9.17) is 9.47 Å². The van der Waals surface area contributed by atoms with E-state index >= 15 is 0 Å². The highest BCUT2D eigenvalue weighted by molar-refractivity contribution is 6.13. The lowest BCUT2D eigenvalue weighted by Gasteiger charge is -2.33. The molecule has 0 radical (unpaired) electrons. The summed E-state index contributed by atoms with van der Waals surface area (Å²) < 4.78 is 10.9. The number of cyclic esters (lactones) is 1. The Morgan fingerprint density at radius 3 is 2.20 bits per heavy atom. The van der Waals surface area contributed by atoms with Crippen LogP contribution in [0.5, 0.6) is 0 Å². The van der Waals surface area contributed by atoms with Gasteiger partial charge in [0.1, 0.15) is 17.4 Å². The van der Waals surface area contributed by atoms with E-state index in [0.29, 0.717) is 0 Å². The molecule has 0 N–H and O–H groups in total. The van der Waals surface area contributed by atoms with Gasteiger partial charge in [-0.25, -0.2) is 0 Å². The van der Waals surface area contributed by atoms with Gasteiger partial charge < -0.3 is 9.47 Å². The lowest BCUT2D eigenvalue weighted by atomic mass is 9.68. The molecule has 1 saturated carbocycles. The fourth-order valence-electron chi connectivity index (χ4n) is 7.05. The zero-order chi connectivity index (χ0) is 17.2. The maximum atomic E-state index is 13.3. The Balaban J connectivity index is 1.88. The minimum atomic E-state index is -0.952. The van der Waals surface area contributed by atoms with Crippen LogP contribution >= 0.6 is 0 Å². The summed E-state index contributed by atoms with van der Waals surface area (Å²) in [6.45, 7) is 2.33. The molecule has 0 unspecified atom stereocenters. The van der Waals surface area contributed by atoms with Crippen molar-refractivity contribution in [1.82, 2.24) is 0 Å². The molecule has 0 amide bonds. The van der Waals surface area contributed by atoms with E-state index in [0.717, 1.165) is 22.3 Å². The highest BCUT2D eigenvalue weighted by Gasteiger charge is 3.07. The van der Waals surface area contributed by atoms with E-state index in [1.54, 1.807) is 0 Å². The molecule has 3 aliphatic carbocycles. The number of esters is 2. The Kier molecular flexibility index (Phi) is 1.91. The van der Waals surface area contributed by atoms with Crippen LogP contribution in [0.15, 0.2) is 48.5 Å². The second-order valence-electron chi connectivity index (χ2n) is 7.69. The molecule has 4 aliphatic rings. The van der Waals surface area contributed by atoms with Crippen LogP contribution in [0.3, 0.4) is 0 Å². The summed E-state index contributed by atoms with van der Waals surface area (Å²) in [5.41, 5.74) is 1.01. The first-order valence-corrected chi connectivity index (χ1v) is 8.52. The fourth-order valence-corrected chi connectivity index (χ4v) is 7.05. The summed E-state index contributed by atoms with van der Waals surface area (Å²) >= 11 is 0. The number of rotatable bonds is 1. The van der Waals surface area contributed by atoms with Crippen LogP contribution in [0.4, 0.5) is 0 Å². The van der Waals surface area contributed by atoms with Crippen LogP contribution in [-0.2, 0) is 35.3 Å². The van der Waals surface area contributed by atoms with Gasteiger partial charge in [0.15, 0.2) is 0 Å². The number of hydrogen-bond donors (Lipinski definition) is 0. The van der Waals surface area contributed by atoms with E-state index in [9.17, 15) is 9.59 Å². The Labute approximate surface area is 144 Å². The predicted octanol–water partition coefficient (Wildman–Crippen LogP) is 2.23. The summed E-state index contributed by atoms with van der Waals surface area (Å²) in [5.74, 6) is -0.595. The molecule has 1 saturated heterocycles. The van der Waals surface area contributed by atoms with Crippen LogP contribution in [-0.4, -0.2) is 25.7 Å². The van der Waals surface area contributed by atoms with E-state index in [1.807, 2.05) is 42.5 Å². The highest BCUT2D eigenvalue weighted by atomic mass is 16.6. The average Bonchev–Trinajstić information content (AvgIpc) is 2.88. The Morgan fingerprint density at radius 2 is 1.56 bits per heavy atom. The molecule has 2 fully saturated rings. The lowest BCUT2D eigenvalue weighted by Crippen LogP contribution is -2.43. The molecule has 2 aromatic rings. The van der Waals surface area contributed by atoms with Crippen molar-refractivity contribution in [2.24, 2.45) is 5.41 Å². The summed E-state index contributed by atoms with van der Waals surface area (Å²) in [4.78, 5) is 26.4. The fraction of sp³-hybridized carbons (Fsp3) is 0.333. The van der Waals surface area contributed by atoms with Gasteiger partial charge in [0.25, 0.3) is 0 Å². The van der Waals surface area contributed by atoms with Gasteiger partial charge in [0.05, 0.1) is 12.5 Å². The highest BCUT2D eigenvalue weighted by Crippen LogP contribution is 2.95. The summed E-state index contributed by atoms with van der Waals surface area (Å²) in [6, 6.07) is 16.0. The molecule has 4 nitrogen and oxygen atoms in total. The summed E-state index contributed by atoms with van der Waals surface area (Å²) in [7, 11) is 1.41. The normalized spacial score (nSPS) is 40.6. The van der Waals surface area contributed by atoms with Gasteiger partial charge in [0.2, 0.25) is 0 Å². The van der Waals surface area contributed by atoms with Gasteiger partial charge >= 0.3 is 11.9 Å². The standard InChI is InChI=1S/C21H16O4/c1-18-12-7-3-5-9-14(12)19-11-25-16(22)20(19,21(18,19)17(23)24-2)15-10-6-4-8-13(15)18/h3-10H,11H2,1-2H3/t18-,19-,20+,21+/m0/s1. The quantitative estimate of drug-likeness (QED) is 0.752. The molecule has 124 valence electrons. The maximum absolute atomic E-state index is 13.3. The minimum Gasteiger partial charge on any atom is -0.468 e. The van der Waals surface area contributed by atoms with Gasteiger partial charge in [-0.2, -0.15) is 0 Å². The molecule has 0 bridgehead atoms. The van der Waals surface area contributed by atoms with Gasteiger partial charge in [-0.3, -0.25) is 9.59 Å². The van der Waals surface area contributed by atoms with Crippen LogP contribution in [0.25, 0.3) is 0 Å². The summed E-state index contributed by atoms with van der Waals surface area (Å²) in [6.07, 6.45) is 0. The average molecular weight is 332 g/mol. The topological polar surface area (TPSA) is 52.6 Å². The van der Waals surface area contributed by atoms with Gasteiger partial charge in [-0.05, 0) is 22.3 Å². The summed E-state index contributed by atoms with van der Waals surface area (Å²) in [5, 5.41) is 0. The van der Waals surface area contributed by atoms with E-state index < -0.39 is 21.7 Å². The second-order valence-corrected chi connectivity index (χ2v) is 7.69. The molecule has 0 aromatic heterocycles. The van der Waals surface area contributed by atoms with Crippen LogP contribution in [0, 0.1) is 5.41 Å². The van der Waals surface area contributed by atoms with E-state index in [2.05, 4.69) is 13.0 Å². The zero-order valence-electron chi connectivity index (χ0n) is 14.0. The van der Waals surface area contributed by atoms with Crippen molar-refractivity contribution < 1.29 is 19.1 Å². The molecule has 2 aromatic carbocycles. The smallest absolute Gasteiger partial charge is 0.318 e. The zero-order valence-corrected chi connectivity index (χ0v) is 14.0. The monoisotopic (exact) mass is 332 g/mol. The van der Waals surface area contributed by atoms with Crippen LogP contribution < -0.4 is 0 Å². The third-order valence-electron chi connectivity index (χ3n) is 7.54. The Bertz CT molecular complexity index is 1030. The lowest BCUT2D eigenvalue weighted by molar-refractivity contribution is -0.158. The van der Waals surface area contributed by atoms with Crippen molar-refractivity contribution in [3.05, 3.63) is 70.8 Å². The molecule has 1 aliphatic heterocycles. The first kappa shape index (κ1) is 13.6. The molecule has 6 rings (SSSR count). The van der Waals surface area contributed by atoms with Crippen molar-refractivity contribution in [3.63, 3.8) is 0 Å². The Hall–Kier alpha value is -2.62. The second kappa shape index (κ2) is 3.50. The molecular formula is C21H16O4. The van der Waals surface area contributed by atoms with Gasteiger partial charge in [-0.1, -0.05) is 55.5 Å². The number of benzene rings is 2. The molecule has 2 spiro atoms. The molecule has 25 heavy (non-hydrogen) atoms. The Morgan fingerprint density at radius 1 is 1.00 bits per heavy atom. The molecule has 4 heteroatoms.